The topological polar surface area (TPSA) is 60.0 Å². The first-order valence-corrected chi connectivity index (χ1v) is 9.36. The van der Waals surface area contributed by atoms with Gasteiger partial charge in [0.2, 0.25) is 0 Å². The van der Waals surface area contributed by atoms with Gasteiger partial charge in [-0.05, 0) is 29.8 Å². The van der Waals surface area contributed by atoms with Crippen LogP contribution in [0.25, 0.3) is 0 Å². The summed E-state index contributed by atoms with van der Waals surface area (Å²) < 4.78 is 40.4. The Balaban J connectivity index is 1.75. The zero-order chi connectivity index (χ0) is 20.6. The highest BCUT2D eigenvalue weighted by molar-refractivity contribution is 5.96. The van der Waals surface area contributed by atoms with Crippen LogP contribution in [-0.2, 0) is 4.74 Å². The van der Waals surface area contributed by atoms with E-state index in [2.05, 4.69) is 15.0 Å². The van der Waals surface area contributed by atoms with E-state index in [1.54, 1.807) is 19.2 Å². The van der Waals surface area contributed by atoms with Crippen molar-refractivity contribution < 1.29 is 27.8 Å². The number of carbonyl (C=O) groups is 1. The number of benzene rings is 2. The van der Waals surface area contributed by atoms with Crippen molar-refractivity contribution in [2.24, 2.45) is 0 Å². The summed E-state index contributed by atoms with van der Waals surface area (Å²) in [4.78, 5) is 14.9. The van der Waals surface area contributed by atoms with Crippen LogP contribution in [0.4, 0.5) is 8.78 Å². The number of carbonyl (C=O) groups excluding carboxylic acids is 1. The number of morpholine rings is 1. The van der Waals surface area contributed by atoms with E-state index in [0.717, 1.165) is 24.4 Å². The minimum atomic E-state index is -3.00. The van der Waals surface area contributed by atoms with Crippen LogP contribution >= 0.6 is 0 Å². The quantitative estimate of drug-likeness (QED) is 0.730. The van der Waals surface area contributed by atoms with Crippen molar-refractivity contribution in [3.8, 4) is 11.5 Å². The van der Waals surface area contributed by atoms with E-state index in [1.807, 2.05) is 24.3 Å². The molecule has 0 aliphatic carbocycles. The molecule has 0 spiro atoms. The first kappa shape index (κ1) is 21.0. The number of rotatable bonds is 8. The van der Waals surface area contributed by atoms with Gasteiger partial charge in [-0.25, -0.2) is 0 Å². The summed E-state index contributed by atoms with van der Waals surface area (Å²) in [5.41, 5.74) is 1.09. The summed E-state index contributed by atoms with van der Waals surface area (Å²) >= 11 is 0. The Morgan fingerprint density at radius 1 is 1.14 bits per heavy atom. The highest BCUT2D eigenvalue weighted by atomic mass is 19.3. The molecule has 1 fully saturated rings. The normalized spacial score (nSPS) is 15.7. The molecule has 0 bridgehead atoms. The number of methoxy groups -OCH3 is 1. The molecule has 2 aromatic carbocycles. The third-order valence-corrected chi connectivity index (χ3v) is 4.79. The molecule has 1 saturated heterocycles. The minimum absolute atomic E-state index is 0.0725. The van der Waals surface area contributed by atoms with E-state index in [1.165, 1.54) is 12.1 Å². The van der Waals surface area contributed by atoms with E-state index in [0.29, 0.717) is 19.8 Å². The molecule has 1 atom stereocenters. The maximum Gasteiger partial charge on any atom is 0.387 e. The van der Waals surface area contributed by atoms with Gasteiger partial charge in [0.1, 0.15) is 11.5 Å². The molecule has 156 valence electrons. The van der Waals surface area contributed by atoms with Gasteiger partial charge in [-0.15, -0.1) is 0 Å². The summed E-state index contributed by atoms with van der Waals surface area (Å²) in [5.74, 6) is 0.136. The molecule has 1 aliphatic heterocycles. The van der Waals surface area contributed by atoms with Gasteiger partial charge in [0.15, 0.2) is 0 Å². The van der Waals surface area contributed by atoms with Crippen molar-refractivity contribution >= 4 is 5.91 Å². The van der Waals surface area contributed by atoms with Gasteiger partial charge in [-0.1, -0.05) is 24.3 Å². The Morgan fingerprint density at radius 2 is 1.83 bits per heavy atom. The maximum absolute atomic E-state index is 12.7. The third-order valence-electron chi connectivity index (χ3n) is 4.79. The summed E-state index contributed by atoms with van der Waals surface area (Å²) in [7, 11) is 1.60. The Labute approximate surface area is 168 Å². The zero-order valence-corrected chi connectivity index (χ0v) is 16.1. The van der Waals surface area contributed by atoms with Crippen LogP contribution in [0, 0.1) is 0 Å². The molecular formula is C21H24F2N2O4. The lowest BCUT2D eigenvalue weighted by Gasteiger charge is -2.35. The average Bonchev–Trinajstić information content (AvgIpc) is 2.75. The Bertz CT molecular complexity index is 796. The standard InChI is InChI=1S/C21H24F2N2O4/c1-27-16-8-6-15(7-9-16)18(25-10-12-28-13-11-25)14-24-20(26)17-4-2-3-5-19(17)29-21(22)23/h2-9,18,21H,10-14H2,1H3,(H,24,26)/t18-/m0/s1. The highest BCUT2D eigenvalue weighted by Crippen LogP contribution is 2.25. The monoisotopic (exact) mass is 406 g/mol. The molecule has 0 aromatic heterocycles. The van der Waals surface area contributed by atoms with Crippen LogP contribution in [0.2, 0.25) is 0 Å². The molecule has 3 rings (SSSR count). The largest absolute Gasteiger partial charge is 0.497 e. The number of amides is 1. The molecule has 29 heavy (non-hydrogen) atoms. The molecule has 0 saturated carbocycles. The van der Waals surface area contributed by atoms with Gasteiger partial charge in [0.25, 0.3) is 5.91 Å². The summed E-state index contributed by atoms with van der Waals surface area (Å²) in [6.07, 6.45) is 0. The number of hydrogen-bond donors (Lipinski definition) is 1. The number of nitrogens with one attached hydrogen (secondary N) is 1. The molecular weight excluding hydrogens is 382 g/mol. The lowest BCUT2D eigenvalue weighted by molar-refractivity contribution is -0.0501. The van der Waals surface area contributed by atoms with Crippen LogP contribution in [0.15, 0.2) is 48.5 Å². The molecule has 2 aromatic rings. The van der Waals surface area contributed by atoms with Gasteiger partial charge in [0, 0.05) is 19.6 Å². The van der Waals surface area contributed by atoms with Gasteiger partial charge in [-0.2, -0.15) is 8.78 Å². The van der Waals surface area contributed by atoms with Crippen molar-refractivity contribution in [2.75, 3.05) is 40.0 Å². The third kappa shape index (κ3) is 5.65. The number of nitrogens with zero attached hydrogens (tertiary/aromatic N) is 1. The van der Waals surface area contributed by atoms with Crippen LogP contribution < -0.4 is 14.8 Å². The summed E-state index contributed by atoms with van der Waals surface area (Å²) in [5, 5.41) is 2.86. The first-order chi connectivity index (χ1) is 14.1. The van der Waals surface area contributed by atoms with Gasteiger partial charge >= 0.3 is 6.61 Å². The molecule has 0 radical (unpaired) electrons. The number of para-hydroxylation sites is 1. The fourth-order valence-corrected chi connectivity index (χ4v) is 3.31. The molecule has 1 amide bonds. The maximum atomic E-state index is 12.7. The van der Waals surface area contributed by atoms with E-state index in [4.69, 9.17) is 9.47 Å². The highest BCUT2D eigenvalue weighted by Gasteiger charge is 2.24. The lowest BCUT2D eigenvalue weighted by atomic mass is 10.0. The second-order valence-corrected chi connectivity index (χ2v) is 6.52. The fraction of sp³-hybridized carbons (Fsp3) is 0.381. The molecule has 8 heteroatoms. The number of hydrogen-bond acceptors (Lipinski definition) is 5. The number of halogens is 2. The molecule has 0 unspecified atom stereocenters. The van der Waals surface area contributed by atoms with E-state index in [9.17, 15) is 13.6 Å². The predicted molar refractivity (Wildman–Crippen MR) is 104 cm³/mol. The van der Waals surface area contributed by atoms with Gasteiger partial charge in [-0.3, -0.25) is 9.69 Å². The SMILES string of the molecule is COc1ccc([C@H](CNC(=O)c2ccccc2OC(F)F)N2CCOCC2)cc1. The molecule has 1 heterocycles. The van der Waals surface area contributed by atoms with Crippen molar-refractivity contribution in [1.29, 1.82) is 0 Å². The average molecular weight is 406 g/mol. The lowest BCUT2D eigenvalue weighted by Crippen LogP contribution is -2.43. The second-order valence-electron chi connectivity index (χ2n) is 6.52. The van der Waals surface area contributed by atoms with Crippen LogP contribution in [-0.4, -0.2) is 57.4 Å². The molecule has 1 N–H and O–H groups in total. The van der Waals surface area contributed by atoms with Crippen LogP contribution in [0.3, 0.4) is 0 Å². The zero-order valence-electron chi connectivity index (χ0n) is 16.1. The number of alkyl halides is 2. The minimum Gasteiger partial charge on any atom is -0.497 e. The molecule has 1 aliphatic rings. The molecule has 6 nitrogen and oxygen atoms in total. The summed E-state index contributed by atoms with van der Waals surface area (Å²) in [6, 6.07) is 13.5. The Hall–Kier alpha value is -2.71. The second kappa shape index (κ2) is 10.2. The van der Waals surface area contributed by atoms with E-state index < -0.39 is 12.5 Å². The van der Waals surface area contributed by atoms with Crippen molar-refractivity contribution in [3.63, 3.8) is 0 Å². The van der Waals surface area contributed by atoms with E-state index in [-0.39, 0.29) is 17.4 Å². The van der Waals surface area contributed by atoms with Crippen molar-refractivity contribution in [1.82, 2.24) is 10.2 Å². The Kier molecular flexibility index (Phi) is 7.37. The fourth-order valence-electron chi connectivity index (χ4n) is 3.31. The Morgan fingerprint density at radius 3 is 2.48 bits per heavy atom. The number of ether oxygens (including phenoxy) is 3. The predicted octanol–water partition coefficient (Wildman–Crippen LogP) is 3.10. The van der Waals surface area contributed by atoms with Crippen molar-refractivity contribution in [2.45, 2.75) is 12.7 Å². The van der Waals surface area contributed by atoms with E-state index >= 15 is 0 Å². The first-order valence-electron chi connectivity index (χ1n) is 9.36. The van der Waals surface area contributed by atoms with Crippen molar-refractivity contribution in [3.05, 3.63) is 59.7 Å². The van der Waals surface area contributed by atoms with Gasteiger partial charge < -0.3 is 19.5 Å². The smallest absolute Gasteiger partial charge is 0.387 e. The summed E-state index contributed by atoms with van der Waals surface area (Å²) in [6.45, 7) is 0.0187. The van der Waals surface area contributed by atoms with Crippen LogP contribution in [0.1, 0.15) is 22.0 Å². The van der Waals surface area contributed by atoms with Gasteiger partial charge in [0.05, 0.1) is 31.9 Å². The van der Waals surface area contributed by atoms with Crippen LogP contribution in [0.5, 0.6) is 11.5 Å².